The molecule has 0 radical (unpaired) electrons. The number of ether oxygens (including phenoxy) is 2. The van der Waals surface area contributed by atoms with Gasteiger partial charge in [0.1, 0.15) is 11.6 Å². The van der Waals surface area contributed by atoms with E-state index >= 15 is 0 Å². The SMILES string of the molecule is COc1ccc(Nc2nc(C)cc(N3CCOCC3)n2)cc1. The van der Waals surface area contributed by atoms with Gasteiger partial charge in [0.25, 0.3) is 0 Å². The minimum absolute atomic E-state index is 0.603. The summed E-state index contributed by atoms with van der Waals surface area (Å²) in [6.07, 6.45) is 0. The van der Waals surface area contributed by atoms with E-state index in [1.165, 1.54) is 0 Å². The fourth-order valence-electron chi connectivity index (χ4n) is 2.37. The predicted molar refractivity (Wildman–Crippen MR) is 86.1 cm³/mol. The molecule has 1 aromatic carbocycles. The largest absolute Gasteiger partial charge is 0.497 e. The molecule has 116 valence electrons. The Morgan fingerprint density at radius 3 is 2.55 bits per heavy atom. The van der Waals surface area contributed by atoms with Crippen molar-refractivity contribution in [3.63, 3.8) is 0 Å². The molecular formula is C16H20N4O2. The van der Waals surface area contributed by atoms with Gasteiger partial charge in [-0.2, -0.15) is 4.98 Å². The van der Waals surface area contributed by atoms with E-state index in [4.69, 9.17) is 9.47 Å². The predicted octanol–water partition coefficient (Wildman–Crippen LogP) is 2.37. The maximum absolute atomic E-state index is 5.39. The summed E-state index contributed by atoms with van der Waals surface area (Å²) in [5.41, 5.74) is 1.87. The van der Waals surface area contributed by atoms with Crippen molar-refractivity contribution in [1.82, 2.24) is 9.97 Å². The number of morpholine rings is 1. The molecule has 1 aliphatic heterocycles. The van der Waals surface area contributed by atoms with Crippen LogP contribution < -0.4 is 15.0 Å². The lowest BCUT2D eigenvalue weighted by atomic mass is 10.3. The smallest absolute Gasteiger partial charge is 0.229 e. The van der Waals surface area contributed by atoms with Gasteiger partial charge in [-0.1, -0.05) is 0 Å². The number of aryl methyl sites for hydroxylation is 1. The molecule has 1 N–H and O–H groups in total. The Labute approximate surface area is 130 Å². The zero-order valence-corrected chi connectivity index (χ0v) is 12.9. The van der Waals surface area contributed by atoms with Gasteiger partial charge >= 0.3 is 0 Å². The van der Waals surface area contributed by atoms with Crippen molar-refractivity contribution in [3.05, 3.63) is 36.0 Å². The number of nitrogens with zero attached hydrogens (tertiary/aromatic N) is 3. The summed E-state index contributed by atoms with van der Waals surface area (Å²) in [5, 5.41) is 3.24. The van der Waals surface area contributed by atoms with Gasteiger partial charge in [0.05, 0.1) is 20.3 Å². The average molecular weight is 300 g/mol. The van der Waals surface area contributed by atoms with Crippen molar-refractivity contribution < 1.29 is 9.47 Å². The topological polar surface area (TPSA) is 59.5 Å². The average Bonchev–Trinajstić information content (AvgIpc) is 2.56. The van der Waals surface area contributed by atoms with Gasteiger partial charge in [0.15, 0.2) is 0 Å². The Kier molecular flexibility index (Phi) is 4.39. The minimum atomic E-state index is 0.603. The van der Waals surface area contributed by atoms with Crippen molar-refractivity contribution in [3.8, 4) is 5.75 Å². The summed E-state index contributed by atoms with van der Waals surface area (Å²) >= 11 is 0. The van der Waals surface area contributed by atoms with Gasteiger partial charge in [-0.15, -0.1) is 0 Å². The van der Waals surface area contributed by atoms with Crippen LogP contribution in [-0.4, -0.2) is 43.4 Å². The molecule has 2 aromatic rings. The van der Waals surface area contributed by atoms with E-state index in [0.29, 0.717) is 5.95 Å². The highest BCUT2D eigenvalue weighted by Gasteiger charge is 2.14. The van der Waals surface area contributed by atoms with Gasteiger partial charge in [0, 0.05) is 30.5 Å². The number of hydrogen-bond acceptors (Lipinski definition) is 6. The van der Waals surface area contributed by atoms with E-state index in [2.05, 4.69) is 20.2 Å². The first-order chi connectivity index (χ1) is 10.7. The molecule has 0 aliphatic carbocycles. The standard InChI is InChI=1S/C16H20N4O2/c1-12-11-15(20-7-9-22-10-8-20)19-16(17-12)18-13-3-5-14(21-2)6-4-13/h3-6,11H,7-10H2,1-2H3,(H,17,18,19). The molecular weight excluding hydrogens is 280 g/mol. The van der Waals surface area contributed by atoms with Crippen LogP contribution in [0.4, 0.5) is 17.5 Å². The molecule has 22 heavy (non-hydrogen) atoms. The molecule has 0 bridgehead atoms. The lowest BCUT2D eigenvalue weighted by Gasteiger charge is -2.28. The molecule has 6 nitrogen and oxygen atoms in total. The van der Waals surface area contributed by atoms with Crippen molar-refractivity contribution in [2.24, 2.45) is 0 Å². The first-order valence-electron chi connectivity index (χ1n) is 7.34. The summed E-state index contributed by atoms with van der Waals surface area (Å²) in [5.74, 6) is 2.36. The Hall–Kier alpha value is -2.34. The summed E-state index contributed by atoms with van der Waals surface area (Å²) in [6, 6.07) is 9.70. The third kappa shape index (κ3) is 3.46. The van der Waals surface area contributed by atoms with E-state index in [1.807, 2.05) is 37.3 Å². The minimum Gasteiger partial charge on any atom is -0.497 e. The number of anilines is 3. The molecule has 1 saturated heterocycles. The van der Waals surface area contributed by atoms with Crippen LogP contribution in [0.25, 0.3) is 0 Å². The van der Waals surface area contributed by atoms with Crippen molar-refractivity contribution in [2.45, 2.75) is 6.92 Å². The Morgan fingerprint density at radius 2 is 1.86 bits per heavy atom. The van der Waals surface area contributed by atoms with Gasteiger partial charge in [-0.25, -0.2) is 4.98 Å². The summed E-state index contributed by atoms with van der Waals surface area (Å²) < 4.78 is 10.5. The normalized spacial score (nSPS) is 14.7. The number of benzene rings is 1. The molecule has 0 atom stereocenters. The fraction of sp³-hybridized carbons (Fsp3) is 0.375. The summed E-state index contributed by atoms with van der Waals surface area (Å²) in [7, 11) is 1.65. The second-order valence-corrected chi connectivity index (χ2v) is 5.14. The van der Waals surface area contributed by atoms with Gasteiger partial charge < -0.3 is 19.7 Å². The highest BCUT2D eigenvalue weighted by Crippen LogP contribution is 2.21. The molecule has 0 saturated carbocycles. The van der Waals surface area contributed by atoms with Crippen molar-refractivity contribution >= 4 is 17.5 Å². The molecule has 0 spiro atoms. The quantitative estimate of drug-likeness (QED) is 0.935. The second-order valence-electron chi connectivity index (χ2n) is 5.14. The van der Waals surface area contributed by atoms with Gasteiger partial charge in [-0.05, 0) is 31.2 Å². The second kappa shape index (κ2) is 6.62. The molecule has 0 amide bonds. The number of nitrogens with one attached hydrogen (secondary N) is 1. The van der Waals surface area contributed by atoms with Gasteiger partial charge in [-0.3, -0.25) is 0 Å². The Bertz CT molecular complexity index is 625. The zero-order valence-electron chi connectivity index (χ0n) is 12.9. The number of hydrogen-bond donors (Lipinski definition) is 1. The van der Waals surface area contributed by atoms with Crippen LogP contribution in [0.5, 0.6) is 5.75 Å². The lowest BCUT2D eigenvalue weighted by Crippen LogP contribution is -2.36. The van der Waals surface area contributed by atoms with Crippen LogP contribution in [0, 0.1) is 6.92 Å². The Balaban J connectivity index is 1.79. The van der Waals surface area contributed by atoms with Crippen LogP contribution in [0.1, 0.15) is 5.69 Å². The van der Waals surface area contributed by atoms with E-state index in [9.17, 15) is 0 Å². The molecule has 6 heteroatoms. The van der Waals surface area contributed by atoms with Gasteiger partial charge in [0.2, 0.25) is 5.95 Å². The van der Waals surface area contributed by atoms with Crippen LogP contribution >= 0.6 is 0 Å². The van der Waals surface area contributed by atoms with Crippen molar-refractivity contribution in [1.29, 1.82) is 0 Å². The molecule has 3 rings (SSSR count). The highest BCUT2D eigenvalue weighted by atomic mass is 16.5. The monoisotopic (exact) mass is 300 g/mol. The van der Waals surface area contributed by atoms with E-state index < -0.39 is 0 Å². The molecule has 1 aliphatic rings. The van der Waals surface area contributed by atoms with Crippen LogP contribution in [-0.2, 0) is 4.74 Å². The first kappa shape index (κ1) is 14.6. The molecule has 0 unspecified atom stereocenters. The lowest BCUT2D eigenvalue weighted by molar-refractivity contribution is 0.122. The van der Waals surface area contributed by atoms with E-state index in [0.717, 1.165) is 49.3 Å². The van der Waals surface area contributed by atoms with Crippen LogP contribution in [0.3, 0.4) is 0 Å². The summed E-state index contributed by atoms with van der Waals surface area (Å²) in [4.78, 5) is 11.3. The zero-order chi connectivity index (χ0) is 15.4. The highest BCUT2D eigenvalue weighted by molar-refractivity contribution is 5.56. The third-order valence-corrected chi connectivity index (χ3v) is 3.52. The molecule has 2 heterocycles. The first-order valence-corrected chi connectivity index (χ1v) is 7.34. The van der Waals surface area contributed by atoms with E-state index in [1.54, 1.807) is 7.11 Å². The third-order valence-electron chi connectivity index (χ3n) is 3.52. The van der Waals surface area contributed by atoms with Crippen LogP contribution in [0.2, 0.25) is 0 Å². The number of methoxy groups -OCH3 is 1. The Morgan fingerprint density at radius 1 is 1.14 bits per heavy atom. The number of rotatable bonds is 4. The maximum atomic E-state index is 5.39. The fourth-order valence-corrected chi connectivity index (χ4v) is 2.37. The van der Waals surface area contributed by atoms with E-state index in [-0.39, 0.29) is 0 Å². The van der Waals surface area contributed by atoms with Crippen molar-refractivity contribution in [2.75, 3.05) is 43.6 Å². The number of aromatic nitrogens is 2. The maximum Gasteiger partial charge on any atom is 0.229 e. The molecule has 1 aromatic heterocycles. The molecule has 1 fully saturated rings. The van der Waals surface area contributed by atoms with Crippen LogP contribution in [0.15, 0.2) is 30.3 Å². The summed E-state index contributed by atoms with van der Waals surface area (Å²) in [6.45, 7) is 5.18.